The predicted molar refractivity (Wildman–Crippen MR) is 140 cm³/mol. The smallest absolute Gasteiger partial charge is 0.343 e. The van der Waals surface area contributed by atoms with E-state index >= 15 is 0 Å². The Morgan fingerprint density at radius 3 is 2.42 bits per heavy atom. The molecule has 180 valence electrons. The van der Waals surface area contributed by atoms with Gasteiger partial charge in [0.15, 0.2) is 0 Å². The molecule has 36 heavy (non-hydrogen) atoms. The maximum atomic E-state index is 12.8. The number of carbonyl (C=O) groups is 3. The molecule has 0 aliphatic rings. The first-order valence-corrected chi connectivity index (χ1v) is 11.5. The Morgan fingerprint density at radius 1 is 0.889 bits per heavy atom. The summed E-state index contributed by atoms with van der Waals surface area (Å²) in [6.07, 6.45) is 2.24. The van der Waals surface area contributed by atoms with E-state index in [-0.39, 0.29) is 5.75 Å². The summed E-state index contributed by atoms with van der Waals surface area (Å²) in [6, 6.07) is 25.3. The van der Waals surface area contributed by atoms with Crippen LogP contribution in [-0.2, 0) is 16.0 Å². The number of esters is 1. The van der Waals surface area contributed by atoms with Crippen LogP contribution in [0.25, 0.3) is 10.8 Å². The first kappa shape index (κ1) is 24.3. The number of amides is 2. The van der Waals surface area contributed by atoms with Crippen LogP contribution in [0.15, 0.2) is 90.0 Å². The highest BCUT2D eigenvalue weighted by Crippen LogP contribution is 2.27. The number of ether oxygens (including phenoxy) is 1. The van der Waals surface area contributed by atoms with Gasteiger partial charge in [-0.15, -0.1) is 0 Å². The van der Waals surface area contributed by atoms with Gasteiger partial charge < -0.3 is 10.1 Å². The molecule has 0 atom stereocenters. The van der Waals surface area contributed by atoms with Gasteiger partial charge in [-0.2, -0.15) is 5.10 Å². The van der Waals surface area contributed by atoms with E-state index in [4.69, 9.17) is 4.74 Å². The number of fused-ring (bicyclic) bond motifs is 1. The van der Waals surface area contributed by atoms with Gasteiger partial charge in [-0.3, -0.25) is 9.59 Å². The minimum atomic E-state index is -0.927. The molecule has 7 heteroatoms. The molecule has 0 unspecified atom stereocenters. The van der Waals surface area contributed by atoms with E-state index in [1.54, 1.807) is 36.4 Å². The molecule has 0 heterocycles. The van der Waals surface area contributed by atoms with Gasteiger partial charge in [0.05, 0.1) is 11.8 Å². The van der Waals surface area contributed by atoms with Gasteiger partial charge in [0.25, 0.3) is 0 Å². The molecule has 0 aliphatic carbocycles. The van der Waals surface area contributed by atoms with Gasteiger partial charge in [0, 0.05) is 11.3 Å². The number of aryl methyl sites for hydroxylation is 2. The minimum Gasteiger partial charge on any atom is -0.422 e. The standard InChI is InChI=1S/C29H25N3O4/c1-3-20-11-14-23(15-12-20)31-27(33)28(34)32-30-18-25-24-10-5-4-8-21(24)13-16-26(25)36-29(35)22-9-6-7-19(2)17-22/h4-18H,3H2,1-2H3,(H,31,33)(H,32,34)/b30-18-. The predicted octanol–water partition coefficient (Wildman–Crippen LogP) is 5.02. The average molecular weight is 480 g/mol. The number of carbonyl (C=O) groups excluding carboxylic acids is 3. The van der Waals surface area contributed by atoms with Gasteiger partial charge in [-0.05, 0) is 60.0 Å². The van der Waals surface area contributed by atoms with Crippen LogP contribution in [0.5, 0.6) is 5.75 Å². The quantitative estimate of drug-likeness (QED) is 0.133. The number of hydrazone groups is 1. The van der Waals surface area contributed by atoms with Crippen LogP contribution in [0.4, 0.5) is 5.69 Å². The first-order valence-electron chi connectivity index (χ1n) is 11.5. The molecular formula is C29H25N3O4. The monoisotopic (exact) mass is 479 g/mol. The van der Waals surface area contributed by atoms with Gasteiger partial charge in [0.2, 0.25) is 0 Å². The van der Waals surface area contributed by atoms with Crippen molar-refractivity contribution < 1.29 is 19.1 Å². The Balaban J connectivity index is 1.52. The fourth-order valence-corrected chi connectivity index (χ4v) is 3.65. The molecule has 2 N–H and O–H groups in total. The summed E-state index contributed by atoms with van der Waals surface area (Å²) in [5.74, 6) is -2.01. The summed E-state index contributed by atoms with van der Waals surface area (Å²) in [6.45, 7) is 3.92. The number of hydrogen-bond donors (Lipinski definition) is 2. The second kappa shape index (κ2) is 11.1. The van der Waals surface area contributed by atoms with Crippen LogP contribution >= 0.6 is 0 Å². The number of rotatable bonds is 6. The molecule has 0 spiro atoms. The summed E-state index contributed by atoms with van der Waals surface area (Å²) in [4.78, 5) is 37.3. The van der Waals surface area contributed by atoms with E-state index < -0.39 is 17.8 Å². The lowest BCUT2D eigenvalue weighted by molar-refractivity contribution is -0.136. The SMILES string of the molecule is CCc1ccc(NC(=O)C(=O)N/N=C\c2c(OC(=O)c3cccc(C)c3)ccc3ccccc23)cc1. The molecular weight excluding hydrogens is 454 g/mol. The highest BCUT2D eigenvalue weighted by atomic mass is 16.5. The summed E-state index contributed by atoms with van der Waals surface area (Å²) in [7, 11) is 0. The third-order valence-electron chi connectivity index (χ3n) is 5.57. The van der Waals surface area contributed by atoms with Gasteiger partial charge in [0.1, 0.15) is 5.75 Å². The van der Waals surface area contributed by atoms with Crippen LogP contribution in [0, 0.1) is 6.92 Å². The molecule has 7 nitrogen and oxygen atoms in total. The lowest BCUT2D eigenvalue weighted by atomic mass is 10.0. The minimum absolute atomic E-state index is 0.277. The van der Waals surface area contributed by atoms with Crippen LogP contribution in [0.2, 0.25) is 0 Å². The van der Waals surface area contributed by atoms with Crippen LogP contribution in [-0.4, -0.2) is 24.0 Å². The van der Waals surface area contributed by atoms with E-state index in [1.165, 1.54) is 6.21 Å². The molecule has 4 rings (SSSR count). The lowest BCUT2D eigenvalue weighted by Crippen LogP contribution is -2.32. The Morgan fingerprint density at radius 2 is 1.67 bits per heavy atom. The normalized spacial score (nSPS) is 10.8. The molecule has 4 aromatic carbocycles. The van der Waals surface area contributed by atoms with Crippen molar-refractivity contribution in [3.63, 3.8) is 0 Å². The zero-order chi connectivity index (χ0) is 25.5. The number of benzene rings is 4. The average Bonchev–Trinajstić information content (AvgIpc) is 2.90. The maximum absolute atomic E-state index is 12.8. The molecule has 0 saturated carbocycles. The van der Waals surface area contributed by atoms with Crippen molar-refractivity contribution >= 4 is 40.5 Å². The van der Waals surface area contributed by atoms with Crippen molar-refractivity contribution in [1.82, 2.24) is 5.43 Å². The Hall–Kier alpha value is -4.78. The summed E-state index contributed by atoms with van der Waals surface area (Å²) in [5, 5.41) is 8.16. The molecule has 0 saturated heterocycles. The van der Waals surface area contributed by atoms with Crippen molar-refractivity contribution in [3.8, 4) is 5.75 Å². The van der Waals surface area contributed by atoms with Gasteiger partial charge in [-0.25, -0.2) is 10.2 Å². The van der Waals surface area contributed by atoms with Crippen molar-refractivity contribution in [3.05, 3.63) is 107 Å². The van der Waals surface area contributed by atoms with E-state index in [0.717, 1.165) is 28.3 Å². The molecule has 0 aliphatic heterocycles. The van der Waals surface area contributed by atoms with Crippen LogP contribution in [0.1, 0.15) is 34.0 Å². The van der Waals surface area contributed by atoms with Crippen LogP contribution in [0.3, 0.4) is 0 Å². The molecule has 0 fully saturated rings. The van der Waals surface area contributed by atoms with Crippen molar-refractivity contribution in [2.75, 3.05) is 5.32 Å². The molecule has 2 amide bonds. The summed E-state index contributed by atoms with van der Waals surface area (Å²) >= 11 is 0. The maximum Gasteiger partial charge on any atom is 0.343 e. The van der Waals surface area contributed by atoms with E-state index in [9.17, 15) is 14.4 Å². The zero-order valence-electron chi connectivity index (χ0n) is 19.9. The third kappa shape index (κ3) is 5.82. The van der Waals surface area contributed by atoms with E-state index in [2.05, 4.69) is 15.8 Å². The lowest BCUT2D eigenvalue weighted by Gasteiger charge is -2.11. The largest absolute Gasteiger partial charge is 0.422 e. The van der Waals surface area contributed by atoms with Crippen molar-refractivity contribution in [2.45, 2.75) is 20.3 Å². The zero-order valence-corrected chi connectivity index (χ0v) is 19.9. The molecule has 0 radical (unpaired) electrons. The Labute approximate surface area is 208 Å². The number of hydrogen-bond acceptors (Lipinski definition) is 5. The van der Waals surface area contributed by atoms with Gasteiger partial charge >= 0.3 is 17.8 Å². The molecule has 0 aromatic heterocycles. The number of anilines is 1. The fraction of sp³-hybridized carbons (Fsp3) is 0.103. The topological polar surface area (TPSA) is 96.9 Å². The Bertz CT molecular complexity index is 1460. The Kier molecular flexibility index (Phi) is 7.51. The number of nitrogens with one attached hydrogen (secondary N) is 2. The summed E-state index contributed by atoms with van der Waals surface area (Å²) in [5.41, 5.74) is 5.71. The second-order valence-corrected chi connectivity index (χ2v) is 8.16. The molecule has 4 aromatic rings. The van der Waals surface area contributed by atoms with E-state index in [0.29, 0.717) is 16.8 Å². The van der Waals surface area contributed by atoms with Crippen LogP contribution < -0.4 is 15.5 Å². The highest BCUT2D eigenvalue weighted by molar-refractivity contribution is 6.39. The van der Waals surface area contributed by atoms with E-state index in [1.807, 2.05) is 62.4 Å². The fourth-order valence-electron chi connectivity index (χ4n) is 3.65. The highest BCUT2D eigenvalue weighted by Gasteiger charge is 2.15. The summed E-state index contributed by atoms with van der Waals surface area (Å²) < 4.78 is 5.68. The second-order valence-electron chi connectivity index (χ2n) is 8.16. The van der Waals surface area contributed by atoms with Crippen molar-refractivity contribution in [2.24, 2.45) is 5.10 Å². The molecule has 0 bridgehead atoms. The van der Waals surface area contributed by atoms with Crippen molar-refractivity contribution in [1.29, 1.82) is 0 Å². The van der Waals surface area contributed by atoms with Gasteiger partial charge in [-0.1, -0.05) is 67.1 Å². The number of nitrogens with zero attached hydrogens (tertiary/aromatic N) is 1. The third-order valence-corrected chi connectivity index (χ3v) is 5.57. The first-order chi connectivity index (χ1) is 17.4.